The molecule has 2 aromatic heterocycles. The summed E-state index contributed by atoms with van der Waals surface area (Å²) >= 11 is 0. The summed E-state index contributed by atoms with van der Waals surface area (Å²) in [5, 5.41) is 6.48. The highest BCUT2D eigenvalue weighted by atomic mass is 16.5. The Hall–Kier alpha value is -2.86. The largest absolute Gasteiger partial charge is 0.491 e. The predicted molar refractivity (Wildman–Crippen MR) is 104 cm³/mol. The van der Waals surface area contributed by atoms with E-state index >= 15 is 0 Å². The van der Waals surface area contributed by atoms with Gasteiger partial charge in [0.15, 0.2) is 0 Å². The van der Waals surface area contributed by atoms with Crippen LogP contribution >= 0.6 is 0 Å². The van der Waals surface area contributed by atoms with Crippen molar-refractivity contribution in [1.29, 1.82) is 0 Å². The lowest BCUT2D eigenvalue weighted by atomic mass is 9.97. The maximum atomic E-state index is 13.1. The van der Waals surface area contributed by atoms with Crippen molar-refractivity contribution in [1.82, 2.24) is 20.0 Å². The van der Waals surface area contributed by atoms with E-state index in [9.17, 15) is 4.79 Å². The fraction of sp³-hybridized carbons (Fsp3) is 0.333. The van der Waals surface area contributed by atoms with Gasteiger partial charge in [0.05, 0.1) is 22.5 Å². The summed E-state index contributed by atoms with van der Waals surface area (Å²) in [5.74, 6) is 0.523. The first-order chi connectivity index (χ1) is 13.0. The maximum Gasteiger partial charge on any atom is 0.255 e. The van der Waals surface area contributed by atoms with Gasteiger partial charge in [-0.15, -0.1) is 0 Å². The van der Waals surface area contributed by atoms with Gasteiger partial charge >= 0.3 is 0 Å². The van der Waals surface area contributed by atoms with Gasteiger partial charge in [-0.05, 0) is 39.0 Å². The molecule has 0 unspecified atom stereocenters. The van der Waals surface area contributed by atoms with E-state index in [0.717, 1.165) is 29.1 Å². The van der Waals surface area contributed by atoms with E-state index in [1.54, 1.807) is 0 Å². The molecule has 6 heteroatoms. The van der Waals surface area contributed by atoms with Gasteiger partial charge in [0.1, 0.15) is 18.0 Å². The van der Waals surface area contributed by atoms with Crippen LogP contribution in [-0.4, -0.2) is 28.4 Å². The van der Waals surface area contributed by atoms with Crippen molar-refractivity contribution in [2.45, 2.75) is 32.9 Å². The highest BCUT2D eigenvalue weighted by molar-refractivity contribution is 5.98. The molecule has 0 bridgehead atoms. The zero-order valence-corrected chi connectivity index (χ0v) is 15.9. The number of amides is 1. The third-order valence-electron chi connectivity index (χ3n) is 4.90. The highest BCUT2D eigenvalue weighted by Crippen LogP contribution is 2.29. The number of carbonyl (C=O) groups is 1. The Morgan fingerprint density at radius 1 is 1.26 bits per heavy atom. The number of carbonyl (C=O) groups excluding carboxylic acids is 1. The standard InChI is InChI=1S/C21H24N4O2/c1-14-19(25-11-5-4-9-17(25)23-14)21(2,3)24-20(26)16-8-6-7-15-13-22-10-12-27-18(15)16/h4-9,11,22H,10,12-13H2,1-3H3,(H,24,26). The summed E-state index contributed by atoms with van der Waals surface area (Å²) in [5.41, 5.74) is 3.71. The van der Waals surface area contributed by atoms with Gasteiger partial charge < -0.3 is 19.8 Å². The van der Waals surface area contributed by atoms with Crippen molar-refractivity contribution in [2.75, 3.05) is 13.2 Å². The molecule has 3 heterocycles. The van der Waals surface area contributed by atoms with E-state index in [1.807, 2.05) is 67.8 Å². The Balaban J connectivity index is 1.69. The predicted octanol–water partition coefficient (Wildman–Crippen LogP) is 2.79. The number of ether oxygens (including phenoxy) is 1. The lowest BCUT2D eigenvalue weighted by molar-refractivity contribution is 0.0906. The molecule has 6 nitrogen and oxygen atoms in total. The summed E-state index contributed by atoms with van der Waals surface area (Å²) in [6.45, 7) is 7.98. The Morgan fingerprint density at radius 3 is 2.96 bits per heavy atom. The van der Waals surface area contributed by atoms with Crippen molar-refractivity contribution in [3.05, 3.63) is 65.1 Å². The first-order valence-corrected chi connectivity index (χ1v) is 9.19. The second kappa shape index (κ2) is 6.70. The molecule has 4 rings (SSSR count). The third-order valence-corrected chi connectivity index (χ3v) is 4.90. The monoisotopic (exact) mass is 364 g/mol. The van der Waals surface area contributed by atoms with Gasteiger partial charge in [0.25, 0.3) is 5.91 Å². The molecule has 1 aliphatic heterocycles. The van der Waals surface area contributed by atoms with Crippen molar-refractivity contribution in [3.8, 4) is 5.75 Å². The van der Waals surface area contributed by atoms with E-state index in [2.05, 4.69) is 15.6 Å². The molecule has 1 aromatic carbocycles. The van der Waals surface area contributed by atoms with Crippen LogP contribution < -0.4 is 15.4 Å². The number of pyridine rings is 1. The fourth-order valence-corrected chi connectivity index (χ4v) is 3.80. The number of aryl methyl sites for hydroxylation is 1. The van der Waals surface area contributed by atoms with Crippen LogP contribution in [-0.2, 0) is 12.1 Å². The van der Waals surface area contributed by atoms with Crippen molar-refractivity contribution < 1.29 is 9.53 Å². The normalized spacial score (nSPS) is 14.3. The molecule has 0 saturated heterocycles. The van der Waals surface area contributed by atoms with E-state index in [4.69, 9.17) is 4.74 Å². The van der Waals surface area contributed by atoms with Crippen molar-refractivity contribution in [3.63, 3.8) is 0 Å². The average Bonchev–Trinajstić information content (AvgIpc) is 2.81. The molecule has 0 spiro atoms. The van der Waals surface area contributed by atoms with Crippen molar-refractivity contribution in [2.24, 2.45) is 0 Å². The van der Waals surface area contributed by atoms with E-state index in [0.29, 0.717) is 24.5 Å². The third kappa shape index (κ3) is 3.17. The number of benzene rings is 1. The molecule has 27 heavy (non-hydrogen) atoms. The number of nitrogens with one attached hydrogen (secondary N) is 2. The fourth-order valence-electron chi connectivity index (χ4n) is 3.80. The van der Waals surface area contributed by atoms with Crippen LogP contribution in [0.1, 0.15) is 41.2 Å². The first kappa shape index (κ1) is 17.5. The molecule has 3 aromatic rings. The number of hydrogen-bond donors (Lipinski definition) is 2. The van der Waals surface area contributed by atoms with Crippen LogP contribution in [0.2, 0.25) is 0 Å². The highest BCUT2D eigenvalue weighted by Gasteiger charge is 2.30. The quantitative estimate of drug-likeness (QED) is 0.750. The molecular formula is C21H24N4O2. The van der Waals surface area contributed by atoms with Gasteiger partial charge in [-0.3, -0.25) is 4.79 Å². The van der Waals surface area contributed by atoms with E-state index in [1.165, 1.54) is 0 Å². The number of imidazole rings is 1. The summed E-state index contributed by atoms with van der Waals surface area (Å²) < 4.78 is 7.89. The molecule has 1 aliphatic rings. The number of para-hydroxylation sites is 1. The lowest BCUT2D eigenvalue weighted by Crippen LogP contribution is -2.42. The summed E-state index contributed by atoms with van der Waals surface area (Å²) in [4.78, 5) is 17.8. The Labute approximate surface area is 158 Å². The van der Waals surface area contributed by atoms with Crippen LogP contribution in [0.5, 0.6) is 5.75 Å². The number of hydrogen-bond acceptors (Lipinski definition) is 4. The van der Waals surface area contributed by atoms with Gasteiger partial charge in [-0.1, -0.05) is 18.2 Å². The molecular weight excluding hydrogens is 340 g/mol. The molecule has 0 aliphatic carbocycles. The van der Waals surface area contributed by atoms with Gasteiger partial charge in [-0.2, -0.15) is 0 Å². The number of rotatable bonds is 3. The molecule has 140 valence electrons. The molecule has 0 fully saturated rings. The average molecular weight is 364 g/mol. The number of fused-ring (bicyclic) bond motifs is 2. The van der Waals surface area contributed by atoms with Gasteiger partial charge in [-0.25, -0.2) is 4.98 Å². The Morgan fingerprint density at radius 2 is 2.11 bits per heavy atom. The minimum atomic E-state index is -0.604. The van der Waals surface area contributed by atoms with Crippen LogP contribution in [0.4, 0.5) is 0 Å². The van der Waals surface area contributed by atoms with Crippen LogP contribution in [0, 0.1) is 6.92 Å². The van der Waals surface area contributed by atoms with E-state index < -0.39 is 5.54 Å². The minimum absolute atomic E-state index is 0.149. The summed E-state index contributed by atoms with van der Waals surface area (Å²) in [6, 6.07) is 11.6. The Kier molecular flexibility index (Phi) is 4.36. The smallest absolute Gasteiger partial charge is 0.255 e. The first-order valence-electron chi connectivity index (χ1n) is 9.19. The molecule has 0 saturated carbocycles. The molecule has 0 radical (unpaired) electrons. The number of aromatic nitrogens is 2. The summed E-state index contributed by atoms with van der Waals surface area (Å²) in [6.07, 6.45) is 1.97. The topological polar surface area (TPSA) is 67.7 Å². The second-order valence-electron chi connectivity index (χ2n) is 7.37. The number of nitrogens with zero attached hydrogens (tertiary/aromatic N) is 2. The zero-order valence-electron chi connectivity index (χ0n) is 15.9. The van der Waals surface area contributed by atoms with Crippen LogP contribution in [0.25, 0.3) is 5.65 Å². The van der Waals surface area contributed by atoms with Crippen molar-refractivity contribution >= 4 is 11.6 Å². The zero-order chi connectivity index (χ0) is 19.0. The second-order valence-corrected chi connectivity index (χ2v) is 7.37. The van der Waals surface area contributed by atoms with Crippen LogP contribution in [0.3, 0.4) is 0 Å². The molecule has 0 atom stereocenters. The minimum Gasteiger partial charge on any atom is -0.491 e. The summed E-state index contributed by atoms with van der Waals surface area (Å²) in [7, 11) is 0. The van der Waals surface area contributed by atoms with E-state index in [-0.39, 0.29) is 5.91 Å². The molecule has 2 N–H and O–H groups in total. The van der Waals surface area contributed by atoms with Gasteiger partial charge in [0.2, 0.25) is 0 Å². The van der Waals surface area contributed by atoms with Crippen LogP contribution in [0.15, 0.2) is 42.6 Å². The maximum absolute atomic E-state index is 13.1. The lowest BCUT2D eigenvalue weighted by Gasteiger charge is -2.27. The SMILES string of the molecule is Cc1nc2ccccn2c1C(C)(C)NC(=O)c1cccc2c1OCCNC2. The Bertz CT molecular complexity index is 1010. The molecule has 1 amide bonds. The van der Waals surface area contributed by atoms with Gasteiger partial charge in [0, 0.05) is 24.8 Å².